The van der Waals surface area contributed by atoms with Crippen LogP contribution in [-0.4, -0.2) is 66.8 Å². The van der Waals surface area contributed by atoms with E-state index < -0.39 is 30.8 Å². The van der Waals surface area contributed by atoms with Crippen LogP contribution in [0.2, 0.25) is 10.0 Å². The van der Waals surface area contributed by atoms with Crippen LogP contribution in [0.15, 0.2) is 42.5 Å². The van der Waals surface area contributed by atoms with Crippen molar-refractivity contribution in [1.82, 2.24) is 9.80 Å². The van der Waals surface area contributed by atoms with Gasteiger partial charge in [-0.2, -0.15) is 0 Å². The second kappa shape index (κ2) is 8.13. The number of benzene rings is 2. The average molecular weight is 454 g/mol. The van der Waals surface area contributed by atoms with Crippen LogP contribution in [0.25, 0.3) is 0 Å². The maximum absolute atomic E-state index is 14.7. The van der Waals surface area contributed by atoms with Gasteiger partial charge in [-0.05, 0) is 24.3 Å². The highest BCUT2D eigenvalue weighted by Gasteiger charge is 2.43. The maximum atomic E-state index is 14.7. The monoisotopic (exact) mass is 453 g/mol. The Morgan fingerprint density at radius 3 is 2.03 bits per heavy atom. The number of rotatable bonds is 5. The minimum Gasteiger partial charge on any atom is -0.368 e. The molecule has 0 N–H and O–H groups in total. The van der Waals surface area contributed by atoms with Gasteiger partial charge in [0.1, 0.15) is 0 Å². The number of fused-ring (bicyclic) bond motifs is 1. The molecule has 30 heavy (non-hydrogen) atoms. The molecular weight excluding hydrogens is 435 g/mol. The van der Waals surface area contributed by atoms with E-state index in [4.69, 9.17) is 23.2 Å². The average Bonchev–Trinajstić information content (AvgIpc) is 2.95. The van der Waals surface area contributed by atoms with Gasteiger partial charge in [-0.25, -0.2) is 8.78 Å². The van der Waals surface area contributed by atoms with Gasteiger partial charge in [-0.3, -0.25) is 19.4 Å². The summed E-state index contributed by atoms with van der Waals surface area (Å²) in [5.74, 6) is -4.56. The topological polar surface area (TPSA) is 43.9 Å². The van der Waals surface area contributed by atoms with Crippen molar-refractivity contribution >= 4 is 40.7 Å². The Kier molecular flexibility index (Phi) is 5.70. The zero-order chi connectivity index (χ0) is 21.5. The molecule has 0 unspecified atom stereocenters. The highest BCUT2D eigenvalue weighted by Crippen LogP contribution is 2.33. The molecule has 2 heterocycles. The van der Waals surface area contributed by atoms with Crippen molar-refractivity contribution in [1.29, 1.82) is 0 Å². The zero-order valence-corrected chi connectivity index (χ0v) is 17.5. The Hall–Kier alpha value is -2.22. The van der Waals surface area contributed by atoms with Crippen LogP contribution in [0.3, 0.4) is 0 Å². The molecule has 9 heteroatoms. The molecule has 4 rings (SSSR count). The van der Waals surface area contributed by atoms with Gasteiger partial charge in [0.2, 0.25) is 0 Å². The number of anilines is 1. The van der Waals surface area contributed by atoms with E-state index in [1.165, 1.54) is 12.1 Å². The van der Waals surface area contributed by atoms with Gasteiger partial charge >= 0.3 is 0 Å². The number of carbonyl (C=O) groups excluding carboxylic acids is 2. The van der Waals surface area contributed by atoms with Crippen LogP contribution in [0.1, 0.15) is 20.7 Å². The smallest absolute Gasteiger partial charge is 0.278 e. The molecule has 2 aromatic carbocycles. The molecule has 0 aromatic heterocycles. The van der Waals surface area contributed by atoms with E-state index in [0.717, 1.165) is 5.69 Å². The van der Waals surface area contributed by atoms with Crippen molar-refractivity contribution in [3.63, 3.8) is 0 Å². The van der Waals surface area contributed by atoms with Crippen LogP contribution in [0.4, 0.5) is 14.5 Å². The highest BCUT2D eigenvalue weighted by atomic mass is 35.5. The van der Waals surface area contributed by atoms with Crippen molar-refractivity contribution in [2.75, 3.05) is 44.2 Å². The summed E-state index contributed by atoms with van der Waals surface area (Å²) in [4.78, 5) is 29.0. The van der Waals surface area contributed by atoms with Crippen molar-refractivity contribution in [2.45, 2.75) is 5.92 Å². The minimum atomic E-state index is -3.22. The number of alkyl halides is 2. The molecule has 0 atom stereocenters. The van der Waals surface area contributed by atoms with Crippen molar-refractivity contribution in [2.24, 2.45) is 0 Å². The van der Waals surface area contributed by atoms with Crippen LogP contribution in [0.5, 0.6) is 0 Å². The summed E-state index contributed by atoms with van der Waals surface area (Å²) in [6, 6.07) is 11.5. The second-order valence-corrected chi connectivity index (χ2v) is 8.22. The third-order valence-electron chi connectivity index (χ3n) is 5.37. The number of amides is 2. The lowest BCUT2D eigenvalue weighted by molar-refractivity contribution is -0.0486. The lowest BCUT2D eigenvalue weighted by atomic mass is 10.1. The molecule has 0 bridgehead atoms. The SMILES string of the molecule is O=C1c2ccccc2C(=O)N1CC(F)(F)CN1CCN(c2cccc(Cl)c2Cl)CC1. The summed E-state index contributed by atoms with van der Waals surface area (Å²) in [7, 11) is 0. The number of nitrogens with zero attached hydrogens (tertiary/aromatic N) is 3. The van der Waals surface area contributed by atoms with Gasteiger partial charge in [0.15, 0.2) is 0 Å². The standard InChI is InChI=1S/C21H19Cl2F2N3O2/c22-16-6-3-7-17(18(16)23)27-10-8-26(9-11-27)12-21(24,25)13-28-19(29)14-4-1-2-5-15(14)20(28)30/h1-7H,8-13H2. The molecule has 2 amide bonds. The zero-order valence-electron chi connectivity index (χ0n) is 16.0. The molecule has 1 fully saturated rings. The molecule has 2 aliphatic rings. The van der Waals surface area contributed by atoms with Gasteiger partial charge < -0.3 is 4.90 Å². The fourth-order valence-corrected chi connectivity index (χ4v) is 4.29. The largest absolute Gasteiger partial charge is 0.368 e. The third kappa shape index (κ3) is 4.02. The van der Waals surface area contributed by atoms with Crippen LogP contribution >= 0.6 is 23.2 Å². The van der Waals surface area contributed by atoms with Gasteiger partial charge in [0.05, 0.1) is 39.9 Å². The summed E-state index contributed by atoms with van der Waals surface area (Å²) in [5, 5.41) is 0.896. The number of hydrogen-bond donors (Lipinski definition) is 0. The van der Waals surface area contributed by atoms with Crippen LogP contribution in [0, 0.1) is 0 Å². The van der Waals surface area contributed by atoms with Gasteiger partial charge in [-0.15, -0.1) is 0 Å². The first-order chi connectivity index (χ1) is 14.3. The van der Waals surface area contributed by atoms with Gasteiger partial charge in [0.25, 0.3) is 17.7 Å². The summed E-state index contributed by atoms with van der Waals surface area (Å²) in [5.41, 5.74) is 1.12. The second-order valence-electron chi connectivity index (χ2n) is 7.43. The molecule has 0 radical (unpaired) electrons. The first kappa shape index (κ1) is 21.0. The Labute approximate surface area is 182 Å². The van der Waals surface area contributed by atoms with Crippen molar-refractivity contribution in [3.05, 3.63) is 63.6 Å². The van der Waals surface area contributed by atoms with E-state index in [0.29, 0.717) is 41.1 Å². The number of halogens is 4. The molecular formula is C21H19Cl2F2N3O2. The molecule has 5 nitrogen and oxygen atoms in total. The summed E-state index contributed by atoms with van der Waals surface area (Å²) in [6.07, 6.45) is 0. The molecule has 0 saturated carbocycles. The quantitative estimate of drug-likeness (QED) is 0.640. The fraction of sp³-hybridized carbons (Fsp3) is 0.333. The first-order valence-corrected chi connectivity index (χ1v) is 10.3. The Balaban J connectivity index is 1.37. The summed E-state index contributed by atoms with van der Waals surface area (Å²) in [6.45, 7) is 0.380. The Morgan fingerprint density at radius 1 is 0.833 bits per heavy atom. The van der Waals surface area contributed by atoms with E-state index in [-0.39, 0.29) is 11.1 Å². The Bertz CT molecular complexity index is 959. The Morgan fingerprint density at radius 2 is 1.43 bits per heavy atom. The van der Waals surface area contributed by atoms with E-state index in [1.54, 1.807) is 29.2 Å². The van der Waals surface area contributed by atoms with E-state index >= 15 is 0 Å². The molecule has 2 aliphatic heterocycles. The predicted octanol–water partition coefficient (Wildman–Crippen LogP) is 4.05. The van der Waals surface area contributed by atoms with Crippen molar-refractivity contribution in [3.8, 4) is 0 Å². The van der Waals surface area contributed by atoms with E-state index in [9.17, 15) is 18.4 Å². The summed E-state index contributed by atoms with van der Waals surface area (Å²) >= 11 is 12.3. The van der Waals surface area contributed by atoms with Gasteiger partial charge in [0, 0.05) is 26.2 Å². The van der Waals surface area contributed by atoms with E-state index in [1.807, 2.05) is 11.0 Å². The summed E-state index contributed by atoms with van der Waals surface area (Å²) < 4.78 is 29.5. The lowest BCUT2D eigenvalue weighted by Crippen LogP contribution is -2.53. The molecule has 158 valence electrons. The maximum Gasteiger partial charge on any atom is 0.278 e. The van der Waals surface area contributed by atoms with Crippen molar-refractivity contribution < 1.29 is 18.4 Å². The fourth-order valence-electron chi connectivity index (χ4n) is 3.87. The molecule has 0 spiro atoms. The number of carbonyl (C=O) groups is 2. The minimum absolute atomic E-state index is 0.172. The third-order valence-corrected chi connectivity index (χ3v) is 6.18. The molecule has 2 aromatic rings. The normalized spacial score (nSPS) is 17.6. The van der Waals surface area contributed by atoms with E-state index in [2.05, 4.69) is 0 Å². The van der Waals surface area contributed by atoms with Crippen LogP contribution in [-0.2, 0) is 0 Å². The van der Waals surface area contributed by atoms with Gasteiger partial charge in [-0.1, -0.05) is 41.4 Å². The highest BCUT2D eigenvalue weighted by molar-refractivity contribution is 6.43. The molecule has 0 aliphatic carbocycles. The molecule has 1 saturated heterocycles. The van der Waals surface area contributed by atoms with Crippen LogP contribution < -0.4 is 4.90 Å². The number of hydrogen-bond acceptors (Lipinski definition) is 4. The number of piperazine rings is 1. The lowest BCUT2D eigenvalue weighted by Gasteiger charge is -2.38. The number of imide groups is 1. The first-order valence-electron chi connectivity index (χ1n) is 9.51. The predicted molar refractivity (Wildman–Crippen MR) is 112 cm³/mol.